The van der Waals surface area contributed by atoms with Crippen LogP contribution in [0.15, 0.2) is 12.1 Å². The van der Waals surface area contributed by atoms with Crippen LogP contribution in [0.2, 0.25) is 0 Å². The van der Waals surface area contributed by atoms with E-state index in [1.807, 2.05) is 13.8 Å². The van der Waals surface area contributed by atoms with Crippen molar-refractivity contribution in [3.05, 3.63) is 34.4 Å². The Bertz CT molecular complexity index is 604. The lowest BCUT2D eigenvalue weighted by Gasteiger charge is -2.20. The first-order chi connectivity index (χ1) is 11.9. The Morgan fingerprint density at radius 2 is 1.56 bits per heavy atom. The van der Waals surface area contributed by atoms with Crippen molar-refractivity contribution >= 4 is 13.6 Å². The summed E-state index contributed by atoms with van der Waals surface area (Å²) in [6.07, 6.45) is 10.2. The van der Waals surface area contributed by atoms with Crippen LogP contribution < -0.4 is 0 Å². The van der Waals surface area contributed by atoms with Crippen LogP contribution >= 0.6 is 7.80 Å². The van der Waals surface area contributed by atoms with Gasteiger partial charge < -0.3 is 0 Å². The summed E-state index contributed by atoms with van der Waals surface area (Å²) in [6, 6.07) is 4.17. The number of aryl methyl sites for hydroxylation is 3. The normalized spacial score (nSPS) is 16.9. The van der Waals surface area contributed by atoms with E-state index in [0.29, 0.717) is 0 Å². The molecule has 1 atom stereocenters. The van der Waals surface area contributed by atoms with Gasteiger partial charge in [-0.1, -0.05) is 48.4 Å². The Morgan fingerprint density at radius 1 is 1.00 bits per heavy atom. The number of hydrogen-bond acceptors (Lipinski definition) is 2. The zero-order valence-corrected chi connectivity index (χ0v) is 17.4. The van der Waals surface area contributed by atoms with Gasteiger partial charge in [0, 0.05) is 18.4 Å². The average Bonchev–Trinajstić information content (AvgIpc) is 3.04. The molecule has 1 fully saturated rings. The van der Waals surface area contributed by atoms with E-state index < -0.39 is 13.0 Å². The molecular weight excluding hydrogens is 327 g/mol. The SMILES string of the molecule is CCCCCCC[P+](=O)C1(C(=O)c2c(C)cc(C)cc2C)CCCC1. The number of rotatable bonds is 9. The molecule has 138 valence electrons. The molecule has 0 heterocycles. The second kappa shape index (κ2) is 9.08. The van der Waals surface area contributed by atoms with Gasteiger partial charge in [-0.05, 0) is 57.6 Å². The van der Waals surface area contributed by atoms with E-state index in [4.69, 9.17) is 0 Å². The van der Waals surface area contributed by atoms with Gasteiger partial charge >= 0.3 is 7.80 Å². The zero-order valence-electron chi connectivity index (χ0n) is 16.5. The van der Waals surface area contributed by atoms with E-state index in [2.05, 4.69) is 26.0 Å². The summed E-state index contributed by atoms with van der Waals surface area (Å²) in [6.45, 7) is 8.32. The van der Waals surface area contributed by atoms with Gasteiger partial charge in [0.1, 0.15) is 6.16 Å². The van der Waals surface area contributed by atoms with Crippen molar-refractivity contribution in [1.82, 2.24) is 0 Å². The Balaban J connectivity index is 2.19. The molecule has 0 bridgehead atoms. The van der Waals surface area contributed by atoms with Crippen LogP contribution in [-0.2, 0) is 4.57 Å². The molecule has 25 heavy (non-hydrogen) atoms. The lowest BCUT2D eigenvalue weighted by molar-refractivity contribution is 0.0939. The van der Waals surface area contributed by atoms with Gasteiger partial charge in [-0.3, -0.25) is 4.79 Å². The number of hydrogen-bond donors (Lipinski definition) is 0. The highest BCUT2D eigenvalue weighted by molar-refractivity contribution is 7.48. The van der Waals surface area contributed by atoms with E-state index in [1.54, 1.807) is 0 Å². The number of Topliss-reactive ketones (excluding diaryl/α,β-unsaturated/α-hetero) is 1. The van der Waals surface area contributed by atoms with Crippen LogP contribution in [0.5, 0.6) is 0 Å². The zero-order chi connectivity index (χ0) is 18.4. The molecule has 0 N–H and O–H groups in total. The van der Waals surface area contributed by atoms with E-state index in [0.717, 1.165) is 61.4 Å². The average molecular weight is 361 g/mol. The lowest BCUT2D eigenvalue weighted by Crippen LogP contribution is -2.33. The maximum absolute atomic E-state index is 13.5. The van der Waals surface area contributed by atoms with Gasteiger partial charge in [-0.25, -0.2) is 0 Å². The topological polar surface area (TPSA) is 34.1 Å². The fourth-order valence-corrected chi connectivity index (χ4v) is 6.49. The van der Waals surface area contributed by atoms with Crippen LogP contribution in [0.4, 0.5) is 0 Å². The van der Waals surface area contributed by atoms with Crippen LogP contribution in [-0.4, -0.2) is 17.1 Å². The quantitative estimate of drug-likeness (QED) is 0.272. The van der Waals surface area contributed by atoms with Crippen molar-refractivity contribution in [2.24, 2.45) is 0 Å². The molecule has 0 radical (unpaired) electrons. The highest BCUT2D eigenvalue weighted by Gasteiger charge is 2.56. The molecule has 0 aromatic heterocycles. The van der Waals surface area contributed by atoms with Crippen molar-refractivity contribution in [2.45, 2.75) is 90.6 Å². The minimum Gasteiger partial charge on any atom is -0.289 e. The summed E-state index contributed by atoms with van der Waals surface area (Å²) in [7, 11) is -1.48. The predicted octanol–water partition coefficient (Wildman–Crippen LogP) is 6.91. The maximum atomic E-state index is 13.5. The molecule has 2 nitrogen and oxygen atoms in total. The highest BCUT2D eigenvalue weighted by atomic mass is 31.1. The van der Waals surface area contributed by atoms with Crippen molar-refractivity contribution < 1.29 is 9.36 Å². The molecule has 3 heteroatoms. The van der Waals surface area contributed by atoms with Gasteiger partial charge in [-0.15, -0.1) is 0 Å². The van der Waals surface area contributed by atoms with Crippen molar-refractivity contribution in [1.29, 1.82) is 0 Å². The van der Waals surface area contributed by atoms with Crippen LogP contribution in [0.3, 0.4) is 0 Å². The van der Waals surface area contributed by atoms with Crippen molar-refractivity contribution in [2.75, 3.05) is 6.16 Å². The van der Waals surface area contributed by atoms with Crippen LogP contribution in [0.25, 0.3) is 0 Å². The highest BCUT2D eigenvalue weighted by Crippen LogP contribution is 2.53. The molecule has 0 amide bonds. The first kappa shape index (κ1) is 20.3. The van der Waals surface area contributed by atoms with Crippen molar-refractivity contribution in [3.8, 4) is 0 Å². The Kier molecular flexibility index (Phi) is 7.37. The van der Waals surface area contributed by atoms with Gasteiger partial charge in [-0.2, -0.15) is 0 Å². The molecule has 1 saturated carbocycles. The molecule has 1 aromatic rings. The molecular formula is C22H34O2P+. The molecule has 1 unspecified atom stereocenters. The van der Waals surface area contributed by atoms with Crippen LogP contribution in [0, 0.1) is 20.8 Å². The molecule has 1 aliphatic carbocycles. The van der Waals surface area contributed by atoms with E-state index in [9.17, 15) is 9.36 Å². The number of carbonyl (C=O) groups is 1. The largest absolute Gasteiger partial charge is 0.353 e. The second-order valence-electron chi connectivity index (χ2n) is 7.86. The fraction of sp³-hybridized carbons (Fsp3) is 0.682. The van der Waals surface area contributed by atoms with Crippen LogP contribution in [0.1, 0.15) is 91.8 Å². The lowest BCUT2D eigenvalue weighted by atomic mass is 9.88. The summed E-state index contributed by atoms with van der Waals surface area (Å²) in [5.41, 5.74) is 4.11. The Morgan fingerprint density at radius 3 is 2.12 bits per heavy atom. The second-order valence-corrected chi connectivity index (χ2v) is 9.92. The smallest absolute Gasteiger partial charge is 0.289 e. The summed E-state index contributed by atoms with van der Waals surface area (Å²) in [5.74, 6) is 0.162. The van der Waals surface area contributed by atoms with Gasteiger partial charge in [0.15, 0.2) is 0 Å². The molecule has 2 rings (SSSR count). The third-order valence-corrected chi connectivity index (χ3v) is 8.03. The number of unbranched alkanes of at least 4 members (excludes halogenated alkanes) is 4. The summed E-state index contributed by atoms with van der Waals surface area (Å²) < 4.78 is 13.2. The predicted molar refractivity (Wildman–Crippen MR) is 107 cm³/mol. The summed E-state index contributed by atoms with van der Waals surface area (Å²) in [5, 5.41) is -0.592. The summed E-state index contributed by atoms with van der Waals surface area (Å²) in [4.78, 5) is 13.5. The summed E-state index contributed by atoms with van der Waals surface area (Å²) >= 11 is 0. The van der Waals surface area contributed by atoms with E-state index >= 15 is 0 Å². The number of benzene rings is 1. The third-order valence-electron chi connectivity index (χ3n) is 5.70. The Hall–Kier alpha value is -1.01. The minimum absolute atomic E-state index is 0.162. The van der Waals surface area contributed by atoms with Gasteiger partial charge in [0.25, 0.3) is 0 Å². The van der Waals surface area contributed by atoms with Gasteiger partial charge in [0.05, 0.1) is 0 Å². The molecule has 1 aliphatic rings. The maximum Gasteiger partial charge on any atom is 0.353 e. The minimum atomic E-state index is -1.48. The molecule has 0 aliphatic heterocycles. The first-order valence-corrected chi connectivity index (χ1v) is 11.4. The van der Waals surface area contributed by atoms with Crippen molar-refractivity contribution in [3.63, 3.8) is 0 Å². The fourth-order valence-electron chi connectivity index (χ4n) is 4.39. The molecule has 0 saturated heterocycles. The third kappa shape index (κ3) is 4.59. The Labute approximate surface area is 154 Å². The number of carbonyl (C=O) groups excluding carboxylic acids is 1. The monoisotopic (exact) mass is 361 g/mol. The number of ketones is 1. The van der Waals surface area contributed by atoms with Gasteiger partial charge in [0.2, 0.25) is 10.9 Å². The standard InChI is InChI=1S/C22H34O2P/c1-5-6-7-8-11-14-25(24)22(12-9-10-13-22)21(23)20-18(3)15-17(2)16-19(20)4/h15-16H,5-14H2,1-4H3/q+1. The van der Waals surface area contributed by atoms with E-state index in [1.165, 1.54) is 24.8 Å². The molecule has 1 aromatic carbocycles. The first-order valence-electron chi connectivity index (χ1n) is 10.00. The molecule has 0 spiro atoms. The van der Waals surface area contributed by atoms with E-state index in [-0.39, 0.29) is 5.78 Å².